The van der Waals surface area contributed by atoms with Gasteiger partial charge in [-0.15, -0.1) is 0 Å². The third-order valence-corrected chi connectivity index (χ3v) is 10.3. The van der Waals surface area contributed by atoms with Crippen molar-refractivity contribution in [3.63, 3.8) is 0 Å². The minimum absolute atomic E-state index is 0.115. The second-order valence-electron chi connectivity index (χ2n) is 12.4. The van der Waals surface area contributed by atoms with E-state index in [1.807, 2.05) is 60.7 Å². The van der Waals surface area contributed by atoms with Gasteiger partial charge in [-0.05, 0) is 92.2 Å². The summed E-state index contributed by atoms with van der Waals surface area (Å²) in [6.45, 7) is 0. The summed E-state index contributed by atoms with van der Waals surface area (Å²) in [6, 6.07) is 19.3. The largest absolute Gasteiger partial charge is 0.467 e. The summed E-state index contributed by atoms with van der Waals surface area (Å²) < 4.78 is 6.80. The van der Waals surface area contributed by atoms with E-state index in [1.54, 1.807) is 11.3 Å². The molecule has 1 aliphatic heterocycles. The number of aromatic amines is 1. The molecule has 202 valence electrons. The number of aromatic nitrogens is 1. The summed E-state index contributed by atoms with van der Waals surface area (Å²) in [6.07, 6.45) is 8.77. The molecular formula is C33H30BrN3O3. The van der Waals surface area contributed by atoms with Crippen LogP contribution in [0.15, 0.2) is 85.7 Å². The summed E-state index contributed by atoms with van der Waals surface area (Å²) in [5, 5.41) is 7.66. The molecular weight excluding hydrogens is 566 g/mol. The smallest absolute Gasteiger partial charge is 0.258 e. The predicted molar refractivity (Wildman–Crippen MR) is 158 cm³/mol. The first-order chi connectivity index (χ1) is 19.5. The fraction of sp³-hybridized carbons (Fsp3) is 0.364. The van der Waals surface area contributed by atoms with Crippen molar-refractivity contribution in [3.8, 4) is 11.1 Å². The number of nitrogens with zero attached hydrogens (tertiary/aromatic N) is 2. The molecule has 1 atom stereocenters. The molecule has 7 heteroatoms. The fourth-order valence-corrected chi connectivity index (χ4v) is 8.97. The second kappa shape index (κ2) is 9.03. The lowest BCUT2D eigenvalue weighted by Gasteiger charge is -2.56. The molecule has 0 unspecified atom stereocenters. The van der Waals surface area contributed by atoms with Gasteiger partial charge in [0.1, 0.15) is 11.8 Å². The average molecular weight is 597 g/mol. The van der Waals surface area contributed by atoms with Crippen molar-refractivity contribution in [2.45, 2.75) is 51.0 Å². The van der Waals surface area contributed by atoms with E-state index in [9.17, 15) is 9.59 Å². The molecule has 6 nitrogen and oxygen atoms in total. The number of furan rings is 1. The van der Waals surface area contributed by atoms with Crippen molar-refractivity contribution in [2.24, 2.45) is 28.3 Å². The first kappa shape index (κ1) is 24.4. The number of fused-ring (bicyclic) bond motifs is 1. The van der Waals surface area contributed by atoms with E-state index in [2.05, 4.69) is 20.9 Å². The lowest BCUT2D eigenvalue weighted by atomic mass is 9.49. The molecule has 5 aliphatic rings. The fourth-order valence-electron chi connectivity index (χ4n) is 8.61. The van der Waals surface area contributed by atoms with Crippen LogP contribution in [-0.2, 0) is 4.79 Å². The van der Waals surface area contributed by atoms with Crippen LogP contribution in [0.5, 0.6) is 0 Å². The van der Waals surface area contributed by atoms with Gasteiger partial charge in [0.05, 0.1) is 23.0 Å². The van der Waals surface area contributed by atoms with Crippen LogP contribution in [-0.4, -0.2) is 21.6 Å². The summed E-state index contributed by atoms with van der Waals surface area (Å²) in [7, 11) is 0. The van der Waals surface area contributed by atoms with Crippen LogP contribution in [0.25, 0.3) is 22.0 Å². The van der Waals surface area contributed by atoms with Crippen molar-refractivity contribution < 1.29 is 9.21 Å². The Labute approximate surface area is 240 Å². The third kappa shape index (κ3) is 3.77. The molecule has 0 saturated heterocycles. The minimum Gasteiger partial charge on any atom is -0.467 e. The monoisotopic (exact) mass is 595 g/mol. The number of carbonyl (C=O) groups is 1. The number of rotatable bonds is 4. The molecule has 1 N–H and O–H groups in total. The van der Waals surface area contributed by atoms with E-state index in [1.165, 1.54) is 19.3 Å². The molecule has 4 bridgehead atoms. The van der Waals surface area contributed by atoms with E-state index in [4.69, 9.17) is 9.52 Å². The zero-order valence-electron chi connectivity index (χ0n) is 22.1. The van der Waals surface area contributed by atoms with Crippen LogP contribution in [0.1, 0.15) is 62.3 Å². The number of hydrogen-bond donors (Lipinski definition) is 1. The molecule has 0 radical (unpaired) electrons. The highest BCUT2D eigenvalue weighted by Crippen LogP contribution is 2.61. The van der Waals surface area contributed by atoms with Crippen molar-refractivity contribution >= 4 is 38.5 Å². The molecule has 4 fully saturated rings. The van der Waals surface area contributed by atoms with Crippen molar-refractivity contribution in [2.75, 3.05) is 0 Å². The van der Waals surface area contributed by atoms with E-state index in [-0.39, 0.29) is 22.9 Å². The van der Waals surface area contributed by atoms with Crippen LogP contribution in [0.3, 0.4) is 0 Å². The number of nitrogens with one attached hydrogen (secondary N) is 1. The minimum atomic E-state index is -0.369. The summed E-state index contributed by atoms with van der Waals surface area (Å²) in [5.74, 6) is 2.77. The Hall–Kier alpha value is -3.45. The van der Waals surface area contributed by atoms with Crippen molar-refractivity contribution in [1.29, 1.82) is 0 Å². The highest BCUT2D eigenvalue weighted by atomic mass is 79.9. The molecule has 4 aliphatic carbocycles. The van der Waals surface area contributed by atoms with E-state index >= 15 is 0 Å². The normalized spacial score (nSPS) is 28.8. The maximum Gasteiger partial charge on any atom is 0.258 e. The standard InChI is InChI=1S/C33H30BrN3O3/c34-23-8-9-25-24(14-23)29(22-5-2-1-3-6-22)30(31(38)35-25)26-15-27(28-7-4-10-40-28)37(36-26)32(39)33-16-19-11-20(17-33)13-21(12-19)18-33/h1-10,14,19-21,27H,11-13,15-18H2,(H,35,38)/t19?,20?,21?,27-,33?/m0/s1. The lowest BCUT2D eigenvalue weighted by molar-refractivity contribution is -0.160. The Morgan fingerprint density at radius 1 is 0.950 bits per heavy atom. The van der Waals surface area contributed by atoms with Gasteiger partial charge in [0.15, 0.2) is 0 Å². The average Bonchev–Trinajstić information content (AvgIpc) is 3.62. The van der Waals surface area contributed by atoms with Crippen LogP contribution >= 0.6 is 15.9 Å². The maximum absolute atomic E-state index is 14.6. The molecule has 0 spiro atoms. The van der Waals surface area contributed by atoms with E-state index < -0.39 is 0 Å². The molecule has 9 rings (SSSR count). The Kier molecular flexibility index (Phi) is 5.50. The Balaban J connectivity index is 1.30. The number of benzene rings is 2. The molecule has 40 heavy (non-hydrogen) atoms. The van der Waals surface area contributed by atoms with Gasteiger partial charge in [-0.3, -0.25) is 9.59 Å². The predicted octanol–water partition coefficient (Wildman–Crippen LogP) is 7.44. The quantitative estimate of drug-likeness (QED) is 0.266. The molecule has 3 heterocycles. The first-order valence-corrected chi connectivity index (χ1v) is 15.1. The first-order valence-electron chi connectivity index (χ1n) is 14.3. The number of pyridine rings is 1. The molecule has 4 saturated carbocycles. The number of amides is 1. The summed E-state index contributed by atoms with van der Waals surface area (Å²) in [5.41, 5.74) is 3.14. The van der Waals surface area contributed by atoms with Crippen LogP contribution in [0.2, 0.25) is 0 Å². The molecule has 4 aromatic rings. The molecule has 2 aromatic heterocycles. The van der Waals surface area contributed by atoms with Gasteiger partial charge in [-0.2, -0.15) is 5.10 Å². The highest BCUT2D eigenvalue weighted by molar-refractivity contribution is 9.10. The van der Waals surface area contributed by atoms with Crippen molar-refractivity contribution in [1.82, 2.24) is 9.99 Å². The van der Waals surface area contributed by atoms with Gasteiger partial charge in [-0.25, -0.2) is 5.01 Å². The zero-order chi connectivity index (χ0) is 27.0. The zero-order valence-corrected chi connectivity index (χ0v) is 23.7. The Morgan fingerprint density at radius 3 is 2.35 bits per heavy atom. The number of H-pyrrole nitrogens is 1. The van der Waals surface area contributed by atoms with E-state index in [0.29, 0.717) is 41.2 Å². The second-order valence-corrected chi connectivity index (χ2v) is 13.3. The number of hydrazone groups is 1. The van der Waals surface area contributed by atoms with Crippen LogP contribution in [0.4, 0.5) is 0 Å². The van der Waals surface area contributed by atoms with Crippen LogP contribution < -0.4 is 5.56 Å². The Morgan fingerprint density at radius 2 is 1.68 bits per heavy atom. The number of hydrogen-bond acceptors (Lipinski definition) is 4. The van der Waals surface area contributed by atoms with Gasteiger partial charge in [0.25, 0.3) is 5.56 Å². The SMILES string of the molecule is O=C(N1N=C(c2c(-c3ccccc3)c3cc(Br)ccc3[nH]c2=O)C[C@H]1c1ccco1)C12CC3CC(CC(C3)C1)C2. The highest BCUT2D eigenvalue weighted by Gasteiger charge is 2.57. The van der Waals surface area contributed by atoms with Crippen LogP contribution in [0, 0.1) is 23.2 Å². The maximum atomic E-state index is 14.6. The Bertz CT molecular complexity index is 1690. The number of halogens is 1. The summed E-state index contributed by atoms with van der Waals surface area (Å²) >= 11 is 3.62. The topological polar surface area (TPSA) is 78.7 Å². The van der Waals surface area contributed by atoms with Gasteiger partial charge >= 0.3 is 0 Å². The van der Waals surface area contributed by atoms with Gasteiger partial charge in [0, 0.05) is 27.4 Å². The van der Waals surface area contributed by atoms with Gasteiger partial charge in [0.2, 0.25) is 5.91 Å². The van der Waals surface area contributed by atoms with Gasteiger partial charge < -0.3 is 9.40 Å². The summed E-state index contributed by atoms with van der Waals surface area (Å²) in [4.78, 5) is 31.5. The molecule has 1 amide bonds. The van der Waals surface area contributed by atoms with E-state index in [0.717, 1.165) is 45.8 Å². The lowest BCUT2D eigenvalue weighted by Crippen LogP contribution is -2.53. The van der Waals surface area contributed by atoms with Crippen molar-refractivity contribution in [3.05, 3.63) is 93.1 Å². The number of carbonyl (C=O) groups excluding carboxylic acids is 1. The van der Waals surface area contributed by atoms with Gasteiger partial charge in [-0.1, -0.05) is 46.3 Å². The third-order valence-electron chi connectivity index (χ3n) is 9.81. The molecule has 2 aromatic carbocycles.